The third kappa shape index (κ3) is 6.04. The SMILES string of the molecule is CN=C(NCc1ccc(Cl)cc1OC)NCC1CCCS1.I. The Balaban J connectivity index is 0.00000242. The van der Waals surface area contributed by atoms with Crippen LogP contribution in [0.1, 0.15) is 18.4 Å². The van der Waals surface area contributed by atoms with E-state index in [0.29, 0.717) is 16.8 Å². The van der Waals surface area contributed by atoms with Crippen LogP contribution in [-0.4, -0.2) is 37.7 Å². The van der Waals surface area contributed by atoms with Gasteiger partial charge < -0.3 is 15.4 Å². The van der Waals surface area contributed by atoms with Crippen molar-refractivity contribution in [3.8, 4) is 5.75 Å². The van der Waals surface area contributed by atoms with Crippen LogP contribution in [0.2, 0.25) is 5.02 Å². The van der Waals surface area contributed by atoms with E-state index in [0.717, 1.165) is 23.8 Å². The number of benzene rings is 1. The molecule has 1 fully saturated rings. The molecule has 1 aromatic carbocycles. The van der Waals surface area contributed by atoms with Crippen LogP contribution in [0.4, 0.5) is 0 Å². The quantitative estimate of drug-likeness (QED) is 0.405. The summed E-state index contributed by atoms with van der Waals surface area (Å²) in [6.07, 6.45) is 2.62. The van der Waals surface area contributed by atoms with E-state index in [-0.39, 0.29) is 24.0 Å². The molecule has 0 spiro atoms. The molecule has 0 aromatic heterocycles. The van der Waals surface area contributed by atoms with E-state index >= 15 is 0 Å². The number of halogens is 2. The number of methoxy groups -OCH3 is 1. The standard InChI is InChI=1S/C15H22ClN3OS.HI/c1-17-15(19-10-13-4-3-7-21-13)18-9-11-5-6-12(16)8-14(11)20-2;/h5-6,8,13H,3-4,7,9-10H2,1-2H3,(H2,17,18,19);1H. The summed E-state index contributed by atoms with van der Waals surface area (Å²) < 4.78 is 5.35. The second-order valence-corrected chi connectivity index (χ2v) is 6.74. The van der Waals surface area contributed by atoms with E-state index in [1.54, 1.807) is 14.2 Å². The molecule has 0 aliphatic carbocycles. The lowest BCUT2D eigenvalue weighted by Crippen LogP contribution is -2.39. The fourth-order valence-corrected chi connectivity index (χ4v) is 3.64. The lowest BCUT2D eigenvalue weighted by Gasteiger charge is -2.16. The van der Waals surface area contributed by atoms with Crippen LogP contribution in [0, 0.1) is 0 Å². The predicted molar refractivity (Wildman–Crippen MR) is 107 cm³/mol. The van der Waals surface area contributed by atoms with Crippen molar-refractivity contribution in [1.29, 1.82) is 0 Å². The molecule has 1 atom stereocenters. The minimum absolute atomic E-state index is 0. The highest BCUT2D eigenvalue weighted by atomic mass is 127. The van der Waals surface area contributed by atoms with E-state index in [1.165, 1.54) is 18.6 Å². The Morgan fingerprint density at radius 2 is 2.27 bits per heavy atom. The largest absolute Gasteiger partial charge is 0.496 e. The highest BCUT2D eigenvalue weighted by Crippen LogP contribution is 2.25. The molecule has 1 unspecified atom stereocenters. The van der Waals surface area contributed by atoms with Crippen LogP contribution in [0.25, 0.3) is 0 Å². The van der Waals surface area contributed by atoms with Gasteiger partial charge in [-0.1, -0.05) is 17.7 Å². The van der Waals surface area contributed by atoms with Gasteiger partial charge in [0.15, 0.2) is 5.96 Å². The molecule has 2 rings (SSSR count). The first-order valence-corrected chi connectivity index (χ1v) is 8.54. The van der Waals surface area contributed by atoms with Gasteiger partial charge in [-0.3, -0.25) is 4.99 Å². The Morgan fingerprint density at radius 1 is 1.45 bits per heavy atom. The minimum Gasteiger partial charge on any atom is -0.496 e. The summed E-state index contributed by atoms with van der Waals surface area (Å²) in [6.45, 7) is 1.61. The van der Waals surface area contributed by atoms with Crippen LogP contribution in [0.15, 0.2) is 23.2 Å². The van der Waals surface area contributed by atoms with Gasteiger partial charge >= 0.3 is 0 Å². The fraction of sp³-hybridized carbons (Fsp3) is 0.533. The van der Waals surface area contributed by atoms with Gasteiger partial charge in [-0.25, -0.2) is 0 Å². The maximum absolute atomic E-state index is 5.97. The first-order chi connectivity index (χ1) is 10.2. The molecular formula is C15H23ClIN3OS. The van der Waals surface area contributed by atoms with Crippen molar-refractivity contribution in [1.82, 2.24) is 10.6 Å². The van der Waals surface area contributed by atoms with E-state index in [2.05, 4.69) is 15.6 Å². The molecule has 4 nitrogen and oxygen atoms in total. The summed E-state index contributed by atoms with van der Waals surface area (Å²) in [7, 11) is 3.44. The first kappa shape index (κ1) is 19.7. The molecule has 7 heteroatoms. The predicted octanol–water partition coefficient (Wildman–Crippen LogP) is 3.53. The van der Waals surface area contributed by atoms with Crippen molar-refractivity contribution in [2.24, 2.45) is 4.99 Å². The summed E-state index contributed by atoms with van der Waals surface area (Å²) >= 11 is 8.01. The van der Waals surface area contributed by atoms with Crippen molar-refractivity contribution in [2.45, 2.75) is 24.6 Å². The molecule has 22 heavy (non-hydrogen) atoms. The number of hydrogen-bond acceptors (Lipinski definition) is 3. The summed E-state index contributed by atoms with van der Waals surface area (Å²) in [6, 6.07) is 5.66. The van der Waals surface area contributed by atoms with Crippen LogP contribution >= 0.6 is 47.3 Å². The zero-order valence-electron chi connectivity index (χ0n) is 12.9. The van der Waals surface area contributed by atoms with Gasteiger partial charge in [0, 0.05) is 36.0 Å². The first-order valence-electron chi connectivity index (χ1n) is 7.11. The Hall–Kier alpha value is -0.340. The molecule has 1 heterocycles. The van der Waals surface area contributed by atoms with E-state index in [9.17, 15) is 0 Å². The number of nitrogens with one attached hydrogen (secondary N) is 2. The van der Waals surface area contributed by atoms with E-state index in [4.69, 9.17) is 16.3 Å². The van der Waals surface area contributed by atoms with Crippen molar-refractivity contribution in [2.75, 3.05) is 26.5 Å². The molecule has 0 amide bonds. The average molecular weight is 456 g/mol. The number of ether oxygens (including phenoxy) is 1. The van der Waals surface area contributed by atoms with Crippen molar-refractivity contribution < 1.29 is 4.74 Å². The second kappa shape index (κ2) is 10.4. The average Bonchev–Trinajstić information content (AvgIpc) is 3.01. The highest BCUT2D eigenvalue weighted by molar-refractivity contribution is 14.0. The highest BCUT2D eigenvalue weighted by Gasteiger charge is 2.15. The van der Waals surface area contributed by atoms with Gasteiger partial charge in [0.2, 0.25) is 0 Å². The number of thioether (sulfide) groups is 1. The third-order valence-electron chi connectivity index (χ3n) is 3.44. The molecule has 1 aliphatic rings. The molecule has 0 saturated carbocycles. The Morgan fingerprint density at radius 3 is 2.91 bits per heavy atom. The topological polar surface area (TPSA) is 45.7 Å². The molecule has 124 valence electrons. The number of nitrogens with zero attached hydrogens (tertiary/aromatic N) is 1. The van der Waals surface area contributed by atoms with Gasteiger partial charge in [-0.15, -0.1) is 24.0 Å². The van der Waals surface area contributed by atoms with Crippen LogP contribution < -0.4 is 15.4 Å². The molecule has 1 aliphatic heterocycles. The molecule has 0 bridgehead atoms. The Labute approximate surface area is 158 Å². The molecule has 1 aromatic rings. The van der Waals surface area contributed by atoms with Crippen molar-refractivity contribution >= 4 is 53.3 Å². The normalized spacial score (nSPS) is 17.8. The maximum Gasteiger partial charge on any atom is 0.191 e. The van der Waals surface area contributed by atoms with Gasteiger partial charge in [0.05, 0.1) is 7.11 Å². The summed E-state index contributed by atoms with van der Waals surface area (Å²) in [5.41, 5.74) is 1.06. The van der Waals surface area contributed by atoms with Crippen molar-refractivity contribution in [3.63, 3.8) is 0 Å². The number of rotatable bonds is 5. The van der Waals surface area contributed by atoms with Gasteiger partial charge in [-0.2, -0.15) is 11.8 Å². The number of hydrogen-bond donors (Lipinski definition) is 2. The summed E-state index contributed by atoms with van der Waals surface area (Å²) in [5, 5.41) is 8.07. The van der Waals surface area contributed by atoms with E-state index < -0.39 is 0 Å². The van der Waals surface area contributed by atoms with Gasteiger partial charge in [-0.05, 0) is 30.7 Å². The van der Waals surface area contributed by atoms with Crippen LogP contribution in [-0.2, 0) is 6.54 Å². The lowest BCUT2D eigenvalue weighted by atomic mass is 10.2. The zero-order valence-corrected chi connectivity index (χ0v) is 16.8. The smallest absolute Gasteiger partial charge is 0.191 e. The minimum atomic E-state index is 0. The number of aliphatic imine (C=N–C) groups is 1. The Kier molecular flexibility index (Phi) is 9.35. The van der Waals surface area contributed by atoms with E-state index in [1.807, 2.05) is 30.0 Å². The molecule has 1 saturated heterocycles. The summed E-state index contributed by atoms with van der Waals surface area (Å²) in [4.78, 5) is 4.26. The molecular weight excluding hydrogens is 433 g/mol. The van der Waals surface area contributed by atoms with Gasteiger partial charge in [0.1, 0.15) is 5.75 Å². The van der Waals surface area contributed by atoms with Crippen molar-refractivity contribution in [3.05, 3.63) is 28.8 Å². The maximum atomic E-state index is 5.97. The third-order valence-corrected chi connectivity index (χ3v) is 5.07. The second-order valence-electron chi connectivity index (χ2n) is 4.90. The summed E-state index contributed by atoms with van der Waals surface area (Å²) in [5.74, 6) is 2.89. The molecule has 0 radical (unpaired) electrons. The molecule has 2 N–H and O–H groups in total. The van der Waals surface area contributed by atoms with Crippen LogP contribution in [0.3, 0.4) is 0 Å². The monoisotopic (exact) mass is 455 g/mol. The number of guanidine groups is 1. The Bertz CT molecular complexity index is 496. The fourth-order valence-electron chi connectivity index (χ4n) is 2.28. The van der Waals surface area contributed by atoms with Crippen LogP contribution in [0.5, 0.6) is 5.75 Å². The lowest BCUT2D eigenvalue weighted by molar-refractivity contribution is 0.409. The van der Waals surface area contributed by atoms with Gasteiger partial charge in [0.25, 0.3) is 0 Å². The zero-order chi connectivity index (χ0) is 15.1.